The minimum absolute atomic E-state index is 0.0125. The smallest absolute Gasteiger partial charge is 0.243 e. The summed E-state index contributed by atoms with van der Waals surface area (Å²) in [5.74, 6) is -0.237. The van der Waals surface area contributed by atoms with E-state index in [0.29, 0.717) is 38.1 Å². The number of carbonyl (C=O) groups excluding carboxylic acids is 2. The van der Waals surface area contributed by atoms with Gasteiger partial charge in [-0.1, -0.05) is 30.3 Å². The summed E-state index contributed by atoms with van der Waals surface area (Å²) in [6.45, 7) is 0.569. The van der Waals surface area contributed by atoms with Crippen LogP contribution in [0.4, 0.5) is 0 Å². The van der Waals surface area contributed by atoms with Gasteiger partial charge < -0.3 is 20.1 Å². The van der Waals surface area contributed by atoms with E-state index in [9.17, 15) is 18.0 Å². The molecule has 0 unspecified atom stereocenters. The Bertz CT molecular complexity index is 1100. The van der Waals surface area contributed by atoms with Gasteiger partial charge in [0.1, 0.15) is 0 Å². The van der Waals surface area contributed by atoms with E-state index >= 15 is 0 Å². The number of amides is 2. The summed E-state index contributed by atoms with van der Waals surface area (Å²) >= 11 is 0. The molecule has 0 spiro atoms. The van der Waals surface area contributed by atoms with Gasteiger partial charge in [-0.05, 0) is 37.0 Å². The molecule has 1 saturated heterocycles. The zero-order chi connectivity index (χ0) is 24.7. The molecule has 3 rings (SSSR count). The van der Waals surface area contributed by atoms with Gasteiger partial charge in [-0.15, -0.1) is 0 Å². The first-order chi connectivity index (χ1) is 16.3. The van der Waals surface area contributed by atoms with Gasteiger partial charge in [0, 0.05) is 31.6 Å². The lowest BCUT2D eigenvalue weighted by Gasteiger charge is -2.32. The van der Waals surface area contributed by atoms with E-state index in [4.69, 9.17) is 15.2 Å². The quantitative estimate of drug-likeness (QED) is 0.542. The van der Waals surface area contributed by atoms with Crippen molar-refractivity contribution in [3.8, 4) is 11.5 Å². The molecule has 0 aromatic heterocycles. The van der Waals surface area contributed by atoms with Crippen LogP contribution in [0.5, 0.6) is 11.5 Å². The van der Waals surface area contributed by atoms with Crippen molar-refractivity contribution < 1.29 is 27.5 Å². The van der Waals surface area contributed by atoms with E-state index < -0.39 is 10.0 Å². The van der Waals surface area contributed by atoms with Crippen LogP contribution < -0.4 is 15.2 Å². The average Bonchev–Trinajstić information content (AvgIpc) is 2.86. The van der Waals surface area contributed by atoms with Crippen molar-refractivity contribution in [2.24, 2.45) is 11.7 Å². The van der Waals surface area contributed by atoms with E-state index in [2.05, 4.69) is 0 Å². The maximum Gasteiger partial charge on any atom is 0.243 e. The molecule has 1 aliphatic heterocycles. The number of ether oxygens (including phenoxy) is 2. The molecular formula is C24H31N3O6S. The molecule has 2 aromatic carbocycles. The highest BCUT2D eigenvalue weighted by Crippen LogP contribution is 2.31. The molecule has 9 nitrogen and oxygen atoms in total. The van der Waals surface area contributed by atoms with Crippen LogP contribution in [0.2, 0.25) is 0 Å². The molecule has 2 aromatic rings. The Morgan fingerprint density at radius 2 is 1.68 bits per heavy atom. The highest BCUT2D eigenvalue weighted by Gasteiger charge is 2.31. The van der Waals surface area contributed by atoms with E-state index in [1.165, 1.54) is 36.7 Å². The highest BCUT2D eigenvalue weighted by atomic mass is 32.2. The molecule has 0 bridgehead atoms. The number of piperidine rings is 1. The normalized spacial score (nSPS) is 14.7. The molecule has 0 saturated carbocycles. The molecule has 1 aliphatic rings. The molecule has 0 aliphatic carbocycles. The molecule has 2 N–H and O–H groups in total. The molecule has 1 heterocycles. The second-order valence-corrected chi connectivity index (χ2v) is 10.1. The van der Waals surface area contributed by atoms with Crippen LogP contribution >= 0.6 is 0 Å². The second kappa shape index (κ2) is 11.3. The lowest BCUT2D eigenvalue weighted by Crippen LogP contribution is -2.47. The fourth-order valence-electron chi connectivity index (χ4n) is 3.97. The van der Waals surface area contributed by atoms with Crippen LogP contribution in [0, 0.1) is 5.92 Å². The van der Waals surface area contributed by atoms with Crippen molar-refractivity contribution in [2.45, 2.75) is 24.2 Å². The number of carbonyl (C=O) groups is 2. The predicted molar refractivity (Wildman–Crippen MR) is 127 cm³/mol. The fraction of sp³-hybridized carbons (Fsp3) is 0.417. The minimum atomic E-state index is -4.01. The number of benzene rings is 2. The van der Waals surface area contributed by atoms with Crippen molar-refractivity contribution in [3.05, 3.63) is 54.1 Å². The van der Waals surface area contributed by atoms with E-state index in [1.807, 2.05) is 30.3 Å². The SMILES string of the molecule is COc1ccc(S(=O)(=O)N(CCc2ccccc2)CC(=O)N2CCC(C(N)=O)CC2)cc1OC. The summed E-state index contributed by atoms with van der Waals surface area (Å²) < 4.78 is 38.8. The van der Waals surface area contributed by atoms with Crippen molar-refractivity contribution in [2.75, 3.05) is 40.4 Å². The molecular weight excluding hydrogens is 458 g/mol. The van der Waals surface area contributed by atoms with Gasteiger partial charge in [0.25, 0.3) is 0 Å². The summed E-state index contributed by atoms with van der Waals surface area (Å²) in [5, 5.41) is 0. The van der Waals surface area contributed by atoms with Crippen LogP contribution in [-0.4, -0.2) is 69.8 Å². The molecule has 10 heteroatoms. The number of nitrogens with zero attached hydrogens (tertiary/aromatic N) is 2. The number of nitrogens with two attached hydrogens (primary N) is 1. The molecule has 0 atom stereocenters. The lowest BCUT2D eigenvalue weighted by atomic mass is 9.96. The first-order valence-electron chi connectivity index (χ1n) is 11.1. The zero-order valence-electron chi connectivity index (χ0n) is 19.5. The summed E-state index contributed by atoms with van der Waals surface area (Å²) in [6.07, 6.45) is 1.41. The van der Waals surface area contributed by atoms with E-state index in [1.54, 1.807) is 4.90 Å². The Morgan fingerprint density at radius 1 is 1.03 bits per heavy atom. The number of primary amides is 1. The Kier molecular flexibility index (Phi) is 8.51. The third kappa shape index (κ3) is 6.06. The Balaban J connectivity index is 1.82. The Labute approximate surface area is 200 Å². The van der Waals surface area contributed by atoms with Gasteiger partial charge in [0.05, 0.1) is 25.7 Å². The average molecular weight is 490 g/mol. The third-order valence-corrected chi connectivity index (χ3v) is 7.89. The standard InChI is InChI=1S/C24H31N3O6S/c1-32-21-9-8-20(16-22(21)33-2)34(30,31)27(15-10-18-6-4-3-5-7-18)17-23(28)26-13-11-19(12-14-26)24(25)29/h3-9,16,19H,10-15,17H2,1-2H3,(H2,25,29). The fourth-order valence-corrected chi connectivity index (χ4v) is 5.38. The largest absolute Gasteiger partial charge is 0.493 e. The monoisotopic (exact) mass is 489 g/mol. The van der Waals surface area contributed by atoms with Crippen LogP contribution in [-0.2, 0) is 26.0 Å². The van der Waals surface area contributed by atoms with Crippen LogP contribution in [0.15, 0.2) is 53.4 Å². The number of sulfonamides is 1. The number of hydrogen-bond donors (Lipinski definition) is 1. The number of methoxy groups -OCH3 is 2. The van der Waals surface area contributed by atoms with Gasteiger partial charge in [-0.25, -0.2) is 8.42 Å². The van der Waals surface area contributed by atoms with Gasteiger partial charge >= 0.3 is 0 Å². The molecule has 1 fully saturated rings. The number of rotatable bonds is 10. The minimum Gasteiger partial charge on any atom is -0.493 e. The summed E-state index contributed by atoms with van der Waals surface area (Å²) in [4.78, 5) is 26.1. The first kappa shape index (κ1) is 25.5. The van der Waals surface area contributed by atoms with Gasteiger partial charge in [-0.2, -0.15) is 4.31 Å². The van der Waals surface area contributed by atoms with Gasteiger partial charge in [-0.3, -0.25) is 9.59 Å². The maximum absolute atomic E-state index is 13.6. The lowest BCUT2D eigenvalue weighted by molar-refractivity contribution is -0.135. The summed E-state index contributed by atoms with van der Waals surface area (Å²) in [5.41, 5.74) is 6.34. The van der Waals surface area contributed by atoms with Crippen molar-refractivity contribution in [3.63, 3.8) is 0 Å². The second-order valence-electron chi connectivity index (χ2n) is 8.15. The molecule has 0 radical (unpaired) electrons. The van der Waals surface area contributed by atoms with Gasteiger partial charge in [0.2, 0.25) is 21.8 Å². The predicted octanol–water partition coefficient (Wildman–Crippen LogP) is 1.66. The molecule has 34 heavy (non-hydrogen) atoms. The van der Waals surface area contributed by atoms with E-state index in [0.717, 1.165) is 5.56 Å². The number of hydrogen-bond acceptors (Lipinski definition) is 6. The van der Waals surface area contributed by atoms with Crippen molar-refractivity contribution in [1.82, 2.24) is 9.21 Å². The Morgan fingerprint density at radius 3 is 2.26 bits per heavy atom. The summed E-state index contributed by atoms with van der Waals surface area (Å²) in [6, 6.07) is 13.8. The van der Waals surface area contributed by atoms with Crippen LogP contribution in [0.25, 0.3) is 0 Å². The van der Waals surface area contributed by atoms with Crippen molar-refractivity contribution >= 4 is 21.8 Å². The molecule has 184 valence electrons. The molecule has 2 amide bonds. The highest BCUT2D eigenvalue weighted by molar-refractivity contribution is 7.89. The maximum atomic E-state index is 13.6. The summed E-state index contributed by atoms with van der Waals surface area (Å²) in [7, 11) is -1.11. The third-order valence-electron chi connectivity index (χ3n) is 6.05. The number of likely N-dealkylation sites (tertiary alicyclic amines) is 1. The zero-order valence-corrected chi connectivity index (χ0v) is 20.3. The first-order valence-corrected chi connectivity index (χ1v) is 12.5. The van der Waals surface area contributed by atoms with E-state index in [-0.39, 0.29) is 41.5 Å². The van der Waals surface area contributed by atoms with Crippen LogP contribution in [0.1, 0.15) is 18.4 Å². The Hall–Kier alpha value is -3.11. The topological polar surface area (TPSA) is 119 Å². The van der Waals surface area contributed by atoms with Crippen molar-refractivity contribution in [1.29, 1.82) is 0 Å². The van der Waals surface area contributed by atoms with Crippen LogP contribution in [0.3, 0.4) is 0 Å². The van der Waals surface area contributed by atoms with Gasteiger partial charge in [0.15, 0.2) is 11.5 Å².